The van der Waals surface area contributed by atoms with Crippen molar-refractivity contribution in [3.63, 3.8) is 0 Å². The lowest BCUT2D eigenvalue weighted by Crippen LogP contribution is -3.06. The lowest BCUT2D eigenvalue weighted by atomic mass is 10.0. The van der Waals surface area contributed by atoms with Crippen LogP contribution in [0.15, 0.2) is 121 Å². The normalized spacial score (nSPS) is 13.4. The van der Waals surface area contributed by atoms with E-state index in [2.05, 4.69) is 201 Å². The number of hydrogen-bond donors (Lipinski definition) is 1. The summed E-state index contributed by atoms with van der Waals surface area (Å²) in [6, 6.07) is 38.0. The highest BCUT2D eigenvalue weighted by molar-refractivity contribution is 6.08. The van der Waals surface area contributed by atoms with Gasteiger partial charge in [-0.05, 0) is 112 Å². The van der Waals surface area contributed by atoms with Crippen molar-refractivity contribution in [1.82, 2.24) is 4.58 Å². The van der Waals surface area contributed by atoms with Gasteiger partial charge < -0.3 is 19.6 Å². The van der Waals surface area contributed by atoms with Crippen LogP contribution in [0.2, 0.25) is 0 Å². The highest BCUT2D eigenvalue weighted by Crippen LogP contribution is 2.29. The maximum absolute atomic E-state index is 2.60. The Hall–Kier alpha value is -4.81. The molecule has 370 valence electrons. The van der Waals surface area contributed by atoms with Crippen LogP contribution in [0.1, 0.15) is 158 Å². The fourth-order valence-corrected chi connectivity index (χ4v) is 9.46. The molecule has 0 spiro atoms. The van der Waals surface area contributed by atoms with E-state index in [4.69, 9.17) is 0 Å². The van der Waals surface area contributed by atoms with Crippen molar-refractivity contribution in [2.45, 2.75) is 164 Å². The smallest absolute Gasteiger partial charge is 0.211 e. The molecule has 0 saturated carbocycles. The highest BCUT2D eigenvalue weighted by atomic mass is 15.2. The number of quaternary nitrogens is 1. The van der Waals surface area contributed by atoms with Crippen LogP contribution in [-0.2, 0) is 0 Å². The quantitative estimate of drug-likeness (QED) is 0.0480. The summed E-state index contributed by atoms with van der Waals surface area (Å²) in [5.74, 6) is 0. The van der Waals surface area contributed by atoms with Crippen molar-refractivity contribution in [2.75, 3.05) is 72.0 Å². The third kappa shape index (κ3) is 16.1. The van der Waals surface area contributed by atoms with Crippen LogP contribution < -0.4 is 29.1 Å². The van der Waals surface area contributed by atoms with Crippen LogP contribution in [0.3, 0.4) is 0 Å². The molecule has 0 saturated heterocycles. The Morgan fingerprint density at radius 2 is 0.574 bits per heavy atom. The van der Waals surface area contributed by atoms with E-state index in [0.717, 1.165) is 52.4 Å². The van der Waals surface area contributed by atoms with Crippen molar-refractivity contribution in [2.24, 2.45) is 0 Å². The van der Waals surface area contributed by atoms with E-state index in [9.17, 15) is 0 Å². The van der Waals surface area contributed by atoms with Crippen molar-refractivity contribution < 1.29 is 4.90 Å². The second-order valence-electron chi connectivity index (χ2n) is 19.3. The van der Waals surface area contributed by atoms with E-state index in [1.54, 1.807) is 0 Å². The summed E-state index contributed by atoms with van der Waals surface area (Å²) in [6.45, 7) is 27.3. The van der Waals surface area contributed by atoms with E-state index in [-0.39, 0.29) is 6.04 Å². The molecule has 0 aliphatic heterocycles. The van der Waals surface area contributed by atoms with Crippen LogP contribution >= 0.6 is 0 Å². The summed E-state index contributed by atoms with van der Waals surface area (Å²) in [7, 11) is 0. The zero-order chi connectivity index (χ0) is 48.4. The predicted octanol–water partition coefficient (Wildman–Crippen LogP) is 15.6. The van der Waals surface area contributed by atoms with Crippen LogP contribution in [0.5, 0.6) is 0 Å². The van der Waals surface area contributed by atoms with Crippen molar-refractivity contribution in [3.05, 3.63) is 121 Å². The van der Waals surface area contributed by atoms with Gasteiger partial charge in [0, 0.05) is 136 Å². The fourth-order valence-electron chi connectivity index (χ4n) is 9.46. The summed E-state index contributed by atoms with van der Waals surface area (Å²) >= 11 is 0. The topological polar surface area (TPSA) is 20.4 Å². The van der Waals surface area contributed by atoms with Crippen molar-refractivity contribution in [3.8, 4) is 0 Å². The number of anilines is 4. The molecule has 5 rings (SSSR count). The molecule has 6 heteroatoms. The third-order valence-corrected chi connectivity index (χ3v) is 13.8. The van der Waals surface area contributed by atoms with E-state index in [1.165, 1.54) is 159 Å². The summed E-state index contributed by atoms with van der Waals surface area (Å²) in [5.41, 5.74) is 11.4. The van der Waals surface area contributed by atoms with Crippen LogP contribution in [0.4, 0.5) is 45.5 Å². The van der Waals surface area contributed by atoms with E-state index >= 15 is 0 Å². The molecule has 4 aromatic carbocycles. The number of unbranched alkanes of at least 4 members (excludes halogenated alkanes) is 8. The molecule has 0 bridgehead atoms. The molecule has 0 atom stereocenters. The molecule has 0 amide bonds. The first kappa shape index (κ1) is 54.1. The van der Waals surface area contributed by atoms with E-state index in [1.807, 2.05) is 0 Å². The average Bonchev–Trinajstić information content (AvgIpc) is 3.38. The molecule has 0 heterocycles. The summed E-state index contributed by atoms with van der Waals surface area (Å²) in [5, 5.41) is 0. The average molecular weight is 923 g/mol. The van der Waals surface area contributed by atoms with Gasteiger partial charge in [0.15, 0.2) is 0 Å². The minimum absolute atomic E-state index is 0.117. The lowest BCUT2D eigenvalue weighted by molar-refractivity contribution is -0.774. The van der Waals surface area contributed by atoms with Crippen molar-refractivity contribution >= 4 is 51.2 Å². The van der Waals surface area contributed by atoms with Gasteiger partial charge >= 0.3 is 0 Å². The van der Waals surface area contributed by atoms with Gasteiger partial charge in [-0.15, -0.1) is 0 Å². The van der Waals surface area contributed by atoms with Crippen molar-refractivity contribution in [1.29, 1.82) is 0 Å². The number of allylic oxidation sites excluding steroid dienone is 2. The number of nitrogens with one attached hydrogen (secondary N) is 1. The zero-order valence-electron chi connectivity index (χ0n) is 44.3. The van der Waals surface area contributed by atoms with Gasteiger partial charge in [-0.1, -0.05) is 107 Å². The SMILES string of the molecule is CCCCN(CCCC)c1ccc([N+](=C2C=CC([NH+](c3ccc(N(CCCC)CCCC)cc3)c3ccc(N(CCCC)CCCC)cc3)C=C2)c2ccc(N(CCCC)CCCC)cc2)cc1. The third-order valence-electron chi connectivity index (χ3n) is 13.8. The Morgan fingerprint density at radius 1 is 0.338 bits per heavy atom. The molecule has 0 fully saturated rings. The van der Waals surface area contributed by atoms with E-state index < -0.39 is 0 Å². The van der Waals surface area contributed by atoms with Gasteiger partial charge in [-0.3, -0.25) is 4.90 Å². The Kier molecular flexibility index (Phi) is 24.4. The lowest BCUT2D eigenvalue weighted by Gasteiger charge is -2.28. The molecule has 1 aliphatic carbocycles. The second kappa shape index (κ2) is 30.6. The molecular formula is C62H94N6+2. The molecule has 68 heavy (non-hydrogen) atoms. The second-order valence-corrected chi connectivity index (χ2v) is 19.3. The fraction of sp³-hybridized carbons (Fsp3) is 0.532. The molecule has 1 N–H and O–H groups in total. The van der Waals surface area contributed by atoms with Gasteiger partial charge in [0.05, 0.1) is 0 Å². The predicted molar refractivity (Wildman–Crippen MR) is 303 cm³/mol. The Bertz CT molecular complexity index is 1870. The first-order chi connectivity index (χ1) is 33.4. The molecule has 0 radical (unpaired) electrons. The number of nitrogens with zero attached hydrogens (tertiary/aromatic N) is 5. The molecule has 4 aromatic rings. The zero-order valence-corrected chi connectivity index (χ0v) is 44.3. The van der Waals surface area contributed by atoms with E-state index in [0.29, 0.717) is 0 Å². The molecular weight excluding hydrogens is 829 g/mol. The summed E-state index contributed by atoms with van der Waals surface area (Å²) in [6.07, 6.45) is 29.1. The van der Waals surface area contributed by atoms with Gasteiger partial charge in [-0.2, -0.15) is 4.58 Å². The largest absolute Gasteiger partial charge is 0.372 e. The van der Waals surface area contributed by atoms with Crippen LogP contribution in [0.25, 0.3) is 0 Å². The Balaban J connectivity index is 1.57. The highest BCUT2D eigenvalue weighted by Gasteiger charge is 2.28. The van der Waals surface area contributed by atoms with Crippen LogP contribution in [0, 0.1) is 0 Å². The molecule has 0 aromatic heterocycles. The first-order valence-corrected chi connectivity index (χ1v) is 27.7. The van der Waals surface area contributed by atoms with Gasteiger partial charge in [-0.25, -0.2) is 0 Å². The summed E-state index contributed by atoms with van der Waals surface area (Å²) < 4.78 is 2.47. The van der Waals surface area contributed by atoms with Crippen LogP contribution in [-0.4, -0.2) is 64.1 Å². The Labute approximate surface area is 416 Å². The minimum Gasteiger partial charge on any atom is -0.372 e. The number of benzene rings is 4. The van der Waals surface area contributed by atoms with Gasteiger partial charge in [0.1, 0.15) is 17.4 Å². The van der Waals surface area contributed by atoms with Gasteiger partial charge in [0.25, 0.3) is 0 Å². The monoisotopic (exact) mass is 923 g/mol. The number of rotatable bonds is 33. The molecule has 0 unspecified atom stereocenters. The Morgan fingerprint density at radius 3 is 0.809 bits per heavy atom. The maximum Gasteiger partial charge on any atom is 0.211 e. The first-order valence-electron chi connectivity index (χ1n) is 27.7. The standard InChI is InChI=1S/C62H93N6/c1-9-17-45-63(46-18-10-2)53-25-33-57(34-26-53)67(58-35-27-54(28-36-58)64(47-19-11-3)48-20-12-4)61-41-43-62(44-42-61)68(59-37-29-55(30-38-59)65(49-21-13-5)50-22-14-6)60-39-31-56(32-40-60)66(51-23-15-7)52-24-16-8/h25-44,61H,9-24,45-52H2,1-8H3/q+1/p+1. The molecule has 1 aliphatic rings. The number of hydrogen-bond acceptors (Lipinski definition) is 4. The summed E-state index contributed by atoms with van der Waals surface area (Å²) in [4.78, 5) is 11.7. The van der Waals surface area contributed by atoms with Gasteiger partial charge in [0.2, 0.25) is 17.1 Å². The minimum atomic E-state index is 0.117. The molecule has 6 nitrogen and oxygen atoms in total. The maximum atomic E-state index is 2.60.